The number of amides is 1. The summed E-state index contributed by atoms with van der Waals surface area (Å²) in [6.45, 7) is 10.6. The summed E-state index contributed by atoms with van der Waals surface area (Å²) in [4.78, 5) is 26.7. The molecule has 2 fully saturated rings. The van der Waals surface area contributed by atoms with E-state index in [1.165, 1.54) is 5.56 Å². The molecule has 1 amide bonds. The molecule has 5 rings (SSSR count). The van der Waals surface area contributed by atoms with Crippen LogP contribution in [0.15, 0.2) is 48.5 Å². The molecular formula is C31H39NO5. The molecule has 2 aromatic carbocycles. The summed E-state index contributed by atoms with van der Waals surface area (Å²) in [6, 6.07) is 16.0. The van der Waals surface area contributed by atoms with E-state index < -0.39 is 11.6 Å². The molecule has 0 radical (unpaired) electrons. The SMILES string of the molecule is CC(C)(C)c1ccc(C(=O)N2CCC3(CC2)CO[C@H]2c4ccccc4O[C@@](C)(CCC(=O)O)[C@@H]2C3)cc1. The zero-order valence-corrected chi connectivity index (χ0v) is 22.5. The zero-order valence-electron chi connectivity index (χ0n) is 22.5. The largest absolute Gasteiger partial charge is 0.487 e. The fourth-order valence-corrected chi connectivity index (χ4v) is 6.41. The first-order valence-corrected chi connectivity index (χ1v) is 13.5. The van der Waals surface area contributed by atoms with Crippen molar-refractivity contribution >= 4 is 11.9 Å². The molecule has 198 valence electrons. The van der Waals surface area contributed by atoms with Crippen LogP contribution in [0.3, 0.4) is 0 Å². The molecule has 0 aliphatic carbocycles. The van der Waals surface area contributed by atoms with E-state index in [4.69, 9.17) is 9.47 Å². The van der Waals surface area contributed by atoms with Gasteiger partial charge in [0.25, 0.3) is 5.91 Å². The number of fused-ring (bicyclic) bond motifs is 3. The van der Waals surface area contributed by atoms with Gasteiger partial charge in [-0.3, -0.25) is 9.59 Å². The molecule has 0 aromatic heterocycles. The van der Waals surface area contributed by atoms with E-state index in [-0.39, 0.29) is 35.2 Å². The van der Waals surface area contributed by atoms with Crippen LogP contribution in [0, 0.1) is 11.3 Å². The van der Waals surface area contributed by atoms with Gasteiger partial charge in [0.15, 0.2) is 0 Å². The molecule has 37 heavy (non-hydrogen) atoms. The van der Waals surface area contributed by atoms with Crippen molar-refractivity contribution in [3.05, 3.63) is 65.2 Å². The summed E-state index contributed by atoms with van der Waals surface area (Å²) in [7, 11) is 0. The number of hydrogen-bond acceptors (Lipinski definition) is 4. The maximum Gasteiger partial charge on any atom is 0.303 e. The Morgan fingerprint density at radius 2 is 1.73 bits per heavy atom. The zero-order chi connectivity index (χ0) is 26.4. The molecule has 3 aliphatic rings. The lowest BCUT2D eigenvalue weighted by molar-refractivity contribution is -0.180. The minimum absolute atomic E-state index is 0.0336. The molecule has 3 aliphatic heterocycles. The highest BCUT2D eigenvalue weighted by atomic mass is 16.5. The Morgan fingerprint density at radius 3 is 2.38 bits per heavy atom. The van der Waals surface area contributed by atoms with Crippen molar-refractivity contribution in [3.63, 3.8) is 0 Å². The van der Waals surface area contributed by atoms with Gasteiger partial charge in [0.1, 0.15) is 11.4 Å². The third-order valence-electron chi connectivity index (χ3n) is 8.88. The van der Waals surface area contributed by atoms with Crippen molar-refractivity contribution in [2.45, 2.75) is 76.9 Å². The first-order valence-electron chi connectivity index (χ1n) is 13.5. The van der Waals surface area contributed by atoms with Crippen LogP contribution in [0.2, 0.25) is 0 Å². The van der Waals surface area contributed by atoms with E-state index in [1.807, 2.05) is 42.2 Å². The number of para-hydroxylation sites is 1. The maximum absolute atomic E-state index is 13.3. The molecular weight excluding hydrogens is 466 g/mol. The second-order valence-electron chi connectivity index (χ2n) is 12.5. The number of carboxylic acid groups (broad SMARTS) is 1. The Morgan fingerprint density at radius 1 is 1.05 bits per heavy atom. The number of likely N-dealkylation sites (tertiary alicyclic amines) is 1. The van der Waals surface area contributed by atoms with Crippen molar-refractivity contribution < 1.29 is 24.2 Å². The minimum Gasteiger partial charge on any atom is -0.487 e. The first kappa shape index (κ1) is 25.8. The van der Waals surface area contributed by atoms with Gasteiger partial charge in [-0.05, 0) is 67.2 Å². The third-order valence-corrected chi connectivity index (χ3v) is 8.88. The average molecular weight is 506 g/mol. The smallest absolute Gasteiger partial charge is 0.303 e. The number of benzene rings is 2. The third kappa shape index (κ3) is 5.00. The fourth-order valence-electron chi connectivity index (χ4n) is 6.41. The van der Waals surface area contributed by atoms with Crippen LogP contribution < -0.4 is 4.74 Å². The van der Waals surface area contributed by atoms with E-state index in [0.717, 1.165) is 36.1 Å². The lowest BCUT2D eigenvalue weighted by Crippen LogP contribution is -2.55. The molecule has 6 heteroatoms. The number of ether oxygens (including phenoxy) is 2. The first-order chi connectivity index (χ1) is 17.5. The van der Waals surface area contributed by atoms with Gasteiger partial charge in [0.05, 0.1) is 12.7 Å². The van der Waals surface area contributed by atoms with Crippen LogP contribution in [0.5, 0.6) is 5.75 Å². The minimum atomic E-state index is -0.811. The number of aliphatic carboxylic acids is 1. The monoisotopic (exact) mass is 505 g/mol. The second kappa shape index (κ2) is 9.46. The fraction of sp³-hybridized carbons (Fsp3) is 0.548. The summed E-state index contributed by atoms with van der Waals surface area (Å²) in [6.07, 6.45) is 3.05. The molecule has 1 N–H and O–H groups in total. The van der Waals surface area contributed by atoms with Crippen LogP contribution in [0.25, 0.3) is 0 Å². The van der Waals surface area contributed by atoms with Gasteiger partial charge in [-0.15, -0.1) is 0 Å². The average Bonchev–Trinajstić information content (AvgIpc) is 2.87. The van der Waals surface area contributed by atoms with Crippen molar-refractivity contribution in [3.8, 4) is 5.75 Å². The molecule has 1 spiro atoms. The van der Waals surface area contributed by atoms with Gasteiger partial charge in [0.2, 0.25) is 0 Å². The summed E-state index contributed by atoms with van der Waals surface area (Å²) in [5.74, 6) is 0.133. The van der Waals surface area contributed by atoms with Crippen LogP contribution in [-0.2, 0) is 14.9 Å². The summed E-state index contributed by atoms with van der Waals surface area (Å²) in [5.41, 5.74) is 2.42. The van der Waals surface area contributed by atoms with Crippen molar-refractivity contribution in [2.24, 2.45) is 11.3 Å². The summed E-state index contributed by atoms with van der Waals surface area (Å²) < 4.78 is 13.1. The molecule has 2 aromatic rings. The van der Waals surface area contributed by atoms with E-state index >= 15 is 0 Å². The molecule has 0 bridgehead atoms. The molecule has 0 unspecified atom stereocenters. The molecule has 0 saturated carbocycles. The van der Waals surface area contributed by atoms with Gasteiger partial charge >= 0.3 is 5.97 Å². The number of carboxylic acids is 1. The number of hydrogen-bond donors (Lipinski definition) is 1. The standard InChI is InChI=1S/C31H39NO5/c1-29(2,3)22-11-9-21(10-12-22)28(35)32-17-15-31(16-18-32)19-24-27(36-20-31)23-7-5-6-8-25(23)37-30(24,4)14-13-26(33)34/h5-12,24,27H,13-20H2,1-4H3,(H,33,34)/t24-,27+,30+/m1/s1. The Kier molecular flexibility index (Phi) is 6.59. The Bertz CT molecular complexity index is 1160. The highest BCUT2D eigenvalue weighted by molar-refractivity contribution is 5.94. The highest BCUT2D eigenvalue weighted by Gasteiger charge is 2.54. The van der Waals surface area contributed by atoms with Crippen molar-refractivity contribution in [1.29, 1.82) is 0 Å². The van der Waals surface area contributed by atoms with Gasteiger partial charge < -0.3 is 19.5 Å². The second-order valence-corrected chi connectivity index (χ2v) is 12.5. The van der Waals surface area contributed by atoms with Crippen LogP contribution >= 0.6 is 0 Å². The quantitative estimate of drug-likeness (QED) is 0.552. The molecule has 2 saturated heterocycles. The van der Waals surface area contributed by atoms with Gasteiger partial charge in [-0.1, -0.05) is 51.1 Å². The molecule has 6 nitrogen and oxygen atoms in total. The van der Waals surface area contributed by atoms with Crippen LogP contribution in [-0.4, -0.2) is 47.2 Å². The molecule has 3 heterocycles. The predicted molar refractivity (Wildman–Crippen MR) is 142 cm³/mol. The highest BCUT2D eigenvalue weighted by Crippen LogP contribution is 2.56. The van der Waals surface area contributed by atoms with E-state index in [2.05, 4.69) is 39.0 Å². The Hall–Kier alpha value is -2.86. The summed E-state index contributed by atoms with van der Waals surface area (Å²) in [5, 5.41) is 9.40. The van der Waals surface area contributed by atoms with Gasteiger partial charge in [-0.2, -0.15) is 0 Å². The maximum atomic E-state index is 13.3. The van der Waals surface area contributed by atoms with Crippen molar-refractivity contribution in [1.82, 2.24) is 4.90 Å². The lowest BCUT2D eigenvalue weighted by atomic mass is 9.63. The van der Waals surface area contributed by atoms with Crippen molar-refractivity contribution in [2.75, 3.05) is 19.7 Å². The summed E-state index contributed by atoms with van der Waals surface area (Å²) >= 11 is 0. The van der Waals surface area contributed by atoms with E-state index in [9.17, 15) is 14.7 Å². The number of piperidine rings is 1. The van der Waals surface area contributed by atoms with Crippen LogP contribution in [0.1, 0.15) is 87.4 Å². The van der Waals surface area contributed by atoms with Gasteiger partial charge in [-0.25, -0.2) is 0 Å². The topological polar surface area (TPSA) is 76.1 Å². The lowest BCUT2D eigenvalue weighted by Gasteiger charge is -2.55. The predicted octanol–water partition coefficient (Wildman–Crippen LogP) is 6.00. The number of rotatable bonds is 4. The number of carbonyl (C=O) groups excluding carboxylic acids is 1. The van der Waals surface area contributed by atoms with E-state index in [0.29, 0.717) is 26.1 Å². The Labute approximate surface area is 220 Å². The Balaban J connectivity index is 1.30. The number of carbonyl (C=O) groups is 2. The molecule has 3 atom stereocenters. The van der Waals surface area contributed by atoms with Crippen LogP contribution in [0.4, 0.5) is 0 Å². The van der Waals surface area contributed by atoms with E-state index in [1.54, 1.807) is 0 Å². The normalized spacial score (nSPS) is 26.6. The van der Waals surface area contributed by atoms with Gasteiger partial charge in [0, 0.05) is 36.6 Å². The number of nitrogens with zero attached hydrogens (tertiary/aromatic N) is 1.